The van der Waals surface area contributed by atoms with Crippen molar-refractivity contribution in [3.8, 4) is 0 Å². The molecule has 3 aromatic heterocycles. The molecule has 5 aromatic rings. The van der Waals surface area contributed by atoms with Crippen LogP contribution in [0, 0.1) is 13.8 Å². The van der Waals surface area contributed by atoms with Crippen molar-refractivity contribution < 1.29 is 4.42 Å². The fourth-order valence-corrected chi connectivity index (χ4v) is 4.80. The fraction of sp³-hybridized carbons (Fsp3) is 0.310. The summed E-state index contributed by atoms with van der Waals surface area (Å²) in [5.74, 6) is 1.60. The SMILES string of the molecule is CCCC(c1nnnn1Cc1ccccc1)N(Cc1ccco1)Cc1cc2cc(C)c(C)cc2[nH]c1=O. The molecule has 0 amide bonds. The average Bonchev–Trinajstić information content (AvgIpc) is 3.57. The molecule has 2 aromatic carbocycles. The number of nitrogens with zero attached hydrogens (tertiary/aromatic N) is 5. The summed E-state index contributed by atoms with van der Waals surface area (Å²) in [7, 11) is 0. The van der Waals surface area contributed by atoms with Crippen LogP contribution in [0.1, 0.15) is 59.6 Å². The third-order valence-corrected chi connectivity index (χ3v) is 6.88. The van der Waals surface area contributed by atoms with Gasteiger partial charge in [0, 0.05) is 17.6 Å². The largest absolute Gasteiger partial charge is 0.468 e. The lowest BCUT2D eigenvalue weighted by Crippen LogP contribution is -2.32. The molecular weight excluding hydrogens is 464 g/mol. The number of H-pyrrole nitrogens is 1. The van der Waals surface area contributed by atoms with Crippen molar-refractivity contribution in [3.05, 3.63) is 111 Å². The van der Waals surface area contributed by atoms with Gasteiger partial charge in [0.1, 0.15) is 5.76 Å². The molecule has 8 nitrogen and oxygen atoms in total. The second kappa shape index (κ2) is 10.9. The smallest absolute Gasteiger partial charge is 0.252 e. The maximum absolute atomic E-state index is 13.2. The van der Waals surface area contributed by atoms with Gasteiger partial charge in [0.15, 0.2) is 5.82 Å². The second-order valence-corrected chi connectivity index (χ2v) is 9.62. The van der Waals surface area contributed by atoms with Crippen LogP contribution in [0.3, 0.4) is 0 Å². The van der Waals surface area contributed by atoms with Gasteiger partial charge in [-0.25, -0.2) is 4.68 Å². The Morgan fingerprint density at radius 3 is 2.59 bits per heavy atom. The number of hydrogen-bond donors (Lipinski definition) is 1. The lowest BCUT2D eigenvalue weighted by atomic mass is 10.0. The quantitative estimate of drug-likeness (QED) is 0.281. The molecule has 37 heavy (non-hydrogen) atoms. The van der Waals surface area contributed by atoms with E-state index < -0.39 is 0 Å². The topological polar surface area (TPSA) is 92.8 Å². The summed E-state index contributed by atoms with van der Waals surface area (Å²) in [4.78, 5) is 18.5. The van der Waals surface area contributed by atoms with Gasteiger partial charge < -0.3 is 9.40 Å². The Bertz CT molecular complexity index is 1520. The van der Waals surface area contributed by atoms with E-state index in [2.05, 4.69) is 64.4 Å². The highest BCUT2D eigenvalue weighted by Crippen LogP contribution is 2.28. The molecule has 0 bridgehead atoms. The monoisotopic (exact) mass is 496 g/mol. The second-order valence-electron chi connectivity index (χ2n) is 9.62. The Kier molecular flexibility index (Phi) is 7.28. The molecule has 1 atom stereocenters. The summed E-state index contributed by atoms with van der Waals surface area (Å²) < 4.78 is 7.58. The molecule has 190 valence electrons. The van der Waals surface area contributed by atoms with Gasteiger partial charge in [-0.15, -0.1) is 5.10 Å². The first-order chi connectivity index (χ1) is 18.0. The third kappa shape index (κ3) is 5.54. The summed E-state index contributed by atoms with van der Waals surface area (Å²) >= 11 is 0. The van der Waals surface area contributed by atoms with E-state index in [-0.39, 0.29) is 11.6 Å². The number of nitrogens with one attached hydrogen (secondary N) is 1. The minimum Gasteiger partial charge on any atom is -0.468 e. The Hall–Kier alpha value is -4.04. The van der Waals surface area contributed by atoms with Crippen molar-refractivity contribution in [3.63, 3.8) is 0 Å². The molecule has 0 aliphatic heterocycles. The van der Waals surface area contributed by atoms with Crippen LogP contribution in [0.25, 0.3) is 10.9 Å². The summed E-state index contributed by atoms with van der Waals surface area (Å²) in [6.07, 6.45) is 3.44. The van der Waals surface area contributed by atoms with Gasteiger partial charge in [-0.05, 0) is 83.1 Å². The van der Waals surface area contributed by atoms with Crippen LogP contribution in [0.2, 0.25) is 0 Å². The molecule has 3 heterocycles. The molecule has 1 unspecified atom stereocenters. The van der Waals surface area contributed by atoms with E-state index in [9.17, 15) is 4.79 Å². The molecule has 0 radical (unpaired) electrons. The molecule has 0 fully saturated rings. The summed E-state index contributed by atoms with van der Waals surface area (Å²) in [6, 6.07) is 20.1. The fourth-order valence-electron chi connectivity index (χ4n) is 4.80. The molecule has 0 aliphatic carbocycles. The van der Waals surface area contributed by atoms with Gasteiger partial charge in [0.2, 0.25) is 0 Å². The van der Waals surface area contributed by atoms with Crippen molar-refractivity contribution in [2.24, 2.45) is 0 Å². The van der Waals surface area contributed by atoms with E-state index in [1.54, 1.807) is 6.26 Å². The zero-order valence-corrected chi connectivity index (χ0v) is 21.5. The highest BCUT2D eigenvalue weighted by molar-refractivity contribution is 5.80. The number of fused-ring (bicyclic) bond motifs is 1. The van der Waals surface area contributed by atoms with Crippen molar-refractivity contribution in [1.29, 1.82) is 0 Å². The van der Waals surface area contributed by atoms with Crippen LogP contribution >= 0.6 is 0 Å². The van der Waals surface area contributed by atoms with Gasteiger partial charge in [-0.1, -0.05) is 43.7 Å². The summed E-state index contributed by atoms with van der Waals surface area (Å²) in [6.45, 7) is 7.83. The number of furan rings is 1. The third-order valence-electron chi connectivity index (χ3n) is 6.88. The van der Waals surface area contributed by atoms with E-state index in [1.165, 1.54) is 5.56 Å². The number of pyridine rings is 1. The van der Waals surface area contributed by atoms with Crippen molar-refractivity contribution in [2.45, 2.75) is 59.3 Å². The van der Waals surface area contributed by atoms with Gasteiger partial charge in [-0.3, -0.25) is 9.69 Å². The van der Waals surface area contributed by atoms with E-state index in [4.69, 9.17) is 4.42 Å². The highest BCUT2D eigenvalue weighted by Gasteiger charge is 2.27. The standard InChI is InChI=1S/C29H32N6O2/c1-4-9-27(28-31-32-33-35(28)17-22-10-6-5-7-11-22)34(19-25-12-8-13-37-25)18-24-16-23-14-20(2)21(3)15-26(23)30-29(24)36/h5-8,10-16,27H,4,9,17-19H2,1-3H3,(H,30,36). The van der Waals surface area contributed by atoms with Crippen LogP contribution in [0.15, 0.2) is 76.1 Å². The summed E-state index contributed by atoms with van der Waals surface area (Å²) in [5, 5.41) is 13.8. The molecule has 0 spiro atoms. The number of hydrogen-bond acceptors (Lipinski definition) is 6. The van der Waals surface area contributed by atoms with Gasteiger partial charge in [0.25, 0.3) is 5.56 Å². The van der Waals surface area contributed by atoms with E-state index in [0.29, 0.717) is 25.2 Å². The number of aryl methyl sites for hydroxylation is 2. The Morgan fingerprint density at radius 2 is 1.84 bits per heavy atom. The van der Waals surface area contributed by atoms with Crippen LogP contribution < -0.4 is 5.56 Å². The van der Waals surface area contributed by atoms with E-state index in [1.807, 2.05) is 47.1 Å². The first-order valence-electron chi connectivity index (χ1n) is 12.7. The van der Waals surface area contributed by atoms with Crippen molar-refractivity contribution in [1.82, 2.24) is 30.1 Å². The molecule has 0 saturated heterocycles. The van der Waals surface area contributed by atoms with Crippen molar-refractivity contribution in [2.75, 3.05) is 0 Å². The number of aromatic amines is 1. The predicted molar refractivity (Wildman–Crippen MR) is 143 cm³/mol. The van der Waals surface area contributed by atoms with Crippen LogP contribution in [-0.4, -0.2) is 30.1 Å². The number of aromatic nitrogens is 5. The van der Waals surface area contributed by atoms with Crippen LogP contribution in [0.4, 0.5) is 0 Å². The Morgan fingerprint density at radius 1 is 1.03 bits per heavy atom. The van der Waals surface area contributed by atoms with Gasteiger partial charge in [0.05, 0.1) is 25.4 Å². The molecule has 8 heteroatoms. The molecular formula is C29H32N6O2. The first-order valence-corrected chi connectivity index (χ1v) is 12.7. The molecule has 0 aliphatic rings. The number of tetrazole rings is 1. The highest BCUT2D eigenvalue weighted by atomic mass is 16.3. The molecule has 1 N–H and O–H groups in total. The maximum Gasteiger partial charge on any atom is 0.252 e. The van der Waals surface area contributed by atoms with Gasteiger partial charge in [-0.2, -0.15) is 0 Å². The zero-order valence-electron chi connectivity index (χ0n) is 21.5. The van der Waals surface area contributed by atoms with Gasteiger partial charge >= 0.3 is 0 Å². The number of rotatable bonds is 10. The normalized spacial score (nSPS) is 12.4. The van der Waals surface area contributed by atoms with Crippen molar-refractivity contribution >= 4 is 10.9 Å². The average molecular weight is 497 g/mol. The molecule has 0 saturated carbocycles. The van der Waals surface area contributed by atoms with E-state index in [0.717, 1.165) is 46.5 Å². The summed E-state index contributed by atoms with van der Waals surface area (Å²) in [5.41, 5.74) is 4.95. The first kappa shape index (κ1) is 24.6. The number of benzene rings is 2. The predicted octanol–water partition coefficient (Wildman–Crippen LogP) is 5.32. The molecule has 5 rings (SSSR count). The lowest BCUT2D eigenvalue weighted by molar-refractivity contribution is 0.144. The Labute approximate surface area is 215 Å². The van der Waals surface area contributed by atoms with E-state index >= 15 is 0 Å². The minimum absolute atomic E-state index is 0.0840. The van der Waals surface area contributed by atoms with Crippen LogP contribution in [0.5, 0.6) is 0 Å². The lowest BCUT2D eigenvalue weighted by Gasteiger charge is -2.30. The zero-order chi connectivity index (χ0) is 25.8. The Balaban J connectivity index is 1.53. The minimum atomic E-state index is -0.108. The maximum atomic E-state index is 13.2. The van der Waals surface area contributed by atoms with Crippen LogP contribution in [-0.2, 0) is 19.6 Å².